The van der Waals surface area contributed by atoms with Crippen LogP contribution in [0.3, 0.4) is 0 Å². The number of benzene rings is 1. The van der Waals surface area contributed by atoms with Crippen molar-refractivity contribution in [3.8, 4) is 0 Å². The van der Waals surface area contributed by atoms with Gasteiger partial charge in [0.2, 0.25) is 0 Å². The number of hydrogen-bond donors (Lipinski definition) is 0. The third kappa shape index (κ3) is 4.12. The van der Waals surface area contributed by atoms with E-state index in [1.165, 1.54) is 0 Å². The first-order chi connectivity index (χ1) is 8.25. The van der Waals surface area contributed by atoms with E-state index in [0.29, 0.717) is 11.9 Å². The number of halogens is 1. The molecule has 4 heteroatoms. The number of ketones is 1. The second-order valence-electron chi connectivity index (χ2n) is 4.08. The molecule has 1 aliphatic heterocycles. The molecule has 0 saturated carbocycles. The van der Waals surface area contributed by atoms with Crippen LogP contribution in [-0.2, 0) is 4.74 Å². The Morgan fingerprint density at radius 3 is 2.82 bits per heavy atom. The van der Waals surface area contributed by atoms with E-state index in [2.05, 4.69) is 15.9 Å². The van der Waals surface area contributed by atoms with Crippen molar-refractivity contribution in [1.82, 2.24) is 0 Å². The number of ether oxygens (including phenoxy) is 1. The molecule has 1 aromatic carbocycles. The predicted octanol–water partition coefficient (Wildman–Crippen LogP) is 3.54. The Bertz CT molecular complexity index is 372. The first-order valence-corrected chi connectivity index (χ1v) is 7.68. The molecule has 92 valence electrons. The molecule has 0 spiro atoms. The molecule has 0 amide bonds. The van der Waals surface area contributed by atoms with Gasteiger partial charge in [-0.1, -0.05) is 28.1 Å². The van der Waals surface area contributed by atoms with Gasteiger partial charge in [0.05, 0.1) is 11.9 Å². The Morgan fingerprint density at radius 1 is 1.41 bits per heavy atom. The lowest BCUT2D eigenvalue weighted by atomic mass is 10.2. The fourth-order valence-corrected chi connectivity index (χ4v) is 3.04. The number of carbonyl (C=O) groups excluding carboxylic acids is 1. The highest BCUT2D eigenvalue weighted by Crippen LogP contribution is 2.18. The van der Waals surface area contributed by atoms with E-state index < -0.39 is 0 Å². The van der Waals surface area contributed by atoms with Crippen LogP contribution in [0.4, 0.5) is 0 Å². The lowest BCUT2D eigenvalue weighted by Gasteiger charge is -2.08. The average Bonchev–Trinajstić information content (AvgIpc) is 2.83. The van der Waals surface area contributed by atoms with Crippen molar-refractivity contribution in [3.05, 3.63) is 34.3 Å². The molecule has 2 nitrogen and oxygen atoms in total. The number of rotatable bonds is 5. The highest BCUT2D eigenvalue weighted by molar-refractivity contribution is 9.10. The normalized spacial score (nSPS) is 19.5. The van der Waals surface area contributed by atoms with Crippen molar-refractivity contribution in [2.75, 3.05) is 18.1 Å². The summed E-state index contributed by atoms with van der Waals surface area (Å²) in [7, 11) is 0. The van der Waals surface area contributed by atoms with Crippen LogP contribution in [0.15, 0.2) is 28.7 Å². The van der Waals surface area contributed by atoms with E-state index in [1.807, 2.05) is 24.3 Å². The van der Waals surface area contributed by atoms with Crippen molar-refractivity contribution in [2.45, 2.75) is 18.9 Å². The monoisotopic (exact) mass is 314 g/mol. The quantitative estimate of drug-likeness (QED) is 0.778. The maximum Gasteiger partial charge on any atom is 0.172 e. The minimum absolute atomic E-state index is 0.195. The highest BCUT2D eigenvalue weighted by Gasteiger charge is 2.16. The molecule has 1 fully saturated rings. The molecule has 2 rings (SSSR count). The molecule has 0 aliphatic carbocycles. The standard InChI is InChI=1S/C13H15BrO2S/c14-11-5-3-10(4-6-11)13(15)9-17-8-12-2-1-7-16-12/h3-6,12H,1-2,7-9H2. The second kappa shape index (κ2) is 6.57. The summed E-state index contributed by atoms with van der Waals surface area (Å²) in [6.45, 7) is 0.881. The Kier molecular flexibility index (Phi) is 5.07. The molecule has 0 aromatic heterocycles. The van der Waals surface area contributed by atoms with Crippen molar-refractivity contribution in [3.63, 3.8) is 0 Å². The number of thioether (sulfide) groups is 1. The van der Waals surface area contributed by atoms with Crippen molar-refractivity contribution >= 4 is 33.5 Å². The van der Waals surface area contributed by atoms with Crippen LogP contribution in [0.5, 0.6) is 0 Å². The van der Waals surface area contributed by atoms with Crippen LogP contribution in [0.1, 0.15) is 23.2 Å². The zero-order valence-electron chi connectivity index (χ0n) is 9.52. The zero-order valence-corrected chi connectivity index (χ0v) is 11.9. The second-order valence-corrected chi connectivity index (χ2v) is 6.03. The summed E-state index contributed by atoms with van der Waals surface area (Å²) in [5, 5.41) is 0. The van der Waals surface area contributed by atoms with E-state index in [0.717, 1.165) is 35.2 Å². The van der Waals surface area contributed by atoms with Crippen molar-refractivity contribution < 1.29 is 9.53 Å². The molecular weight excluding hydrogens is 300 g/mol. The molecule has 0 N–H and O–H groups in total. The minimum atomic E-state index is 0.195. The summed E-state index contributed by atoms with van der Waals surface area (Å²) < 4.78 is 6.52. The van der Waals surface area contributed by atoms with Crippen LogP contribution in [0.2, 0.25) is 0 Å². The number of carbonyl (C=O) groups is 1. The Balaban J connectivity index is 1.75. The van der Waals surface area contributed by atoms with E-state index in [9.17, 15) is 4.79 Å². The van der Waals surface area contributed by atoms with Gasteiger partial charge in [0.1, 0.15) is 0 Å². The summed E-state index contributed by atoms with van der Waals surface area (Å²) in [5.74, 6) is 1.67. The van der Waals surface area contributed by atoms with Crippen LogP contribution in [0.25, 0.3) is 0 Å². The first-order valence-electron chi connectivity index (χ1n) is 5.74. The van der Waals surface area contributed by atoms with E-state index in [1.54, 1.807) is 11.8 Å². The number of hydrogen-bond acceptors (Lipinski definition) is 3. The average molecular weight is 315 g/mol. The summed E-state index contributed by atoms with van der Waals surface area (Å²) in [4.78, 5) is 11.9. The molecule has 1 atom stereocenters. The molecule has 1 aromatic rings. The molecular formula is C13H15BrO2S. The minimum Gasteiger partial charge on any atom is -0.377 e. The summed E-state index contributed by atoms with van der Waals surface area (Å²) in [5.41, 5.74) is 0.785. The molecule has 0 radical (unpaired) electrons. The lowest BCUT2D eigenvalue weighted by molar-refractivity contribution is 0.102. The van der Waals surface area contributed by atoms with Crippen molar-refractivity contribution in [2.24, 2.45) is 0 Å². The summed E-state index contributed by atoms with van der Waals surface area (Å²) in [6, 6.07) is 7.52. The highest BCUT2D eigenvalue weighted by atomic mass is 79.9. The van der Waals surface area contributed by atoms with Gasteiger partial charge in [0.25, 0.3) is 0 Å². The van der Waals surface area contributed by atoms with Gasteiger partial charge in [0, 0.05) is 22.4 Å². The fraction of sp³-hybridized carbons (Fsp3) is 0.462. The topological polar surface area (TPSA) is 26.3 Å². The summed E-state index contributed by atoms with van der Waals surface area (Å²) >= 11 is 5.03. The van der Waals surface area contributed by atoms with Gasteiger partial charge in [-0.25, -0.2) is 0 Å². The number of Topliss-reactive ketones (excluding diaryl/α,β-unsaturated/α-hetero) is 1. The maximum atomic E-state index is 11.9. The first kappa shape index (κ1) is 13.1. The largest absolute Gasteiger partial charge is 0.377 e. The van der Waals surface area contributed by atoms with Gasteiger partial charge >= 0.3 is 0 Å². The third-order valence-corrected chi connectivity index (χ3v) is 4.33. The molecule has 1 saturated heterocycles. The van der Waals surface area contributed by atoms with Crippen LogP contribution >= 0.6 is 27.7 Å². The molecule has 1 unspecified atom stereocenters. The Labute approximate surface area is 114 Å². The van der Waals surface area contributed by atoms with Gasteiger partial charge in [-0.3, -0.25) is 4.79 Å². The van der Waals surface area contributed by atoms with Crippen LogP contribution in [-0.4, -0.2) is 30.0 Å². The molecule has 17 heavy (non-hydrogen) atoms. The maximum absolute atomic E-state index is 11.9. The third-order valence-electron chi connectivity index (χ3n) is 2.73. The Morgan fingerprint density at radius 2 is 2.18 bits per heavy atom. The molecule has 1 heterocycles. The molecule has 1 aliphatic rings. The van der Waals surface area contributed by atoms with Crippen molar-refractivity contribution in [1.29, 1.82) is 0 Å². The van der Waals surface area contributed by atoms with Crippen LogP contribution in [0, 0.1) is 0 Å². The van der Waals surface area contributed by atoms with Gasteiger partial charge < -0.3 is 4.74 Å². The lowest BCUT2D eigenvalue weighted by Crippen LogP contribution is -2.11. The van der Waals surface area contributed by atoms with Gasteiger partial charge in [0.15, 0.2) is 5.78 Å². The predicted molar refractivity (Wildman–Crippen MR) is 74.8 cm³/mol. The summed E-state index contributed by atoms with van der Waals surface area (Å²) in [6.07, 6.45) is 2.66. The molecule has 0 bridgehead atoms. The van der Waals surface area contributed by atoms with Gasteiger partial charge in [-0.05, 0) is 25.0 Å². The smallest absolute Gasteiger partial charge is 0.172 e. The van der Waals surface area contributed by atoms with E-state index in [-0.39, 0.29) is 5.78 Å². The van der Waals surface area contributed by atoms with E-state index in [4.69, 9.17) is 4.74 Å². The van der Waals surface area contributed by atoms with E-state index >= 15 is 0 Å². The Hall–Kier alpha value is -0.320. The fourth-order valence-electron chi connectivity index (χ4n) is 1.78. The zero-order chi connectivity index (χ0) is 12.1. The SMILES string of the molecule is O=C(CSCC1CCCO1)c1ccc(Br)cc1. The van der Waals surface area contributed by atoms with Crippen LogP contribution < -0.4 is 0 Å². The van der Waals surface area contributed by atoms with Gasteiger partial charge in [-0.15, -0.1) is 0 Å². The van der Waals surface area contributed by atoms with Gasteiger partial charge in [-0.2, -0.15) is 11.8 Å².